The highest BCUT2D eigenvalue weighted by molar-refractivity contribution is 5.59. The van der Waals surface area contributed by atoms with E-state index in [4.69, 9.17) is 0 Å². The van der Waals surface area contributed by atoms with Crippen LogP contribution in [0, 0.1) is 5.41 Å². The first-order valence-electron chi connectivity index (χ1n) is 7.34. The van der Waals surface area contributed by atoms with Gasteiger partial charge in [0.15, 0.2) is 0 Å². The Labute approximate surface area is 107 Å². The summed E-state index contributed by atoms with van der Waals surface area (Å²) in [7, 11) is 0. The molecule has 0 aliphatic heterocycles. The molecule has 0 heterocycles. The van der Waals surface area contributed by atoms with E-state index < -0.39 is 0 Å². The second-order valence-corrected chi connectivity index (χ2v) is 5.96. The maximum absolute atomic E-state index is 11.6. The van der Waals surface area contributed by atoms with Crippen LogP contribution in [0.15, 0.2) is 0 Å². The molecular formula is C15H29NO. The second kappa shape index (κ2) is 7.15. The van der Waals surface area contributed by atoms with E-state index in [0.29, 0.717) is 6.04 Å². The molecule has 0 saturated heterocycles. The third kappa shape index (κ3) is 4.42. The lowest BCUT2D eigenvalue weighted by Crippen LogP contribution is -2.42. The Kier molecular flexibility index (Phi) is 6.18. The molecule has 0 N–H and O–H groups in total. The van der Waals surface area contributed by atoms with E-state index in [-0.39, 0.29) is 5.41 Å². The lowest BCUT2D eigenvalue weighted by molar-refractivity contribution is -0.118. The van der Waals surface area contributed by atoms with Crippen LogP contribution in [0.3, 0.4) is 0 Å². The smallest absolute Gasteiger partial charge is 0.127 e. The van der Waals surface area contributed by atoms with E-state index in [1.807, 2.05) is 0 Å². The topological polar surface area (TPSA) is 20.3 Å². The highest BCUT2D eigenvalue weighted by Crippen LogP contribution is 2.34. The number of hydrogen-bond donors (Lipinski definition) is 0. The summed E-state index contributed by atoms with van der Waals surface area (Å²) >= 11 is 0. The highest BCUT2D eigenvalue weighted by atomic mass is 16.1. The van der Waals surface area contributed by atoms with Crippen LogP contribution in [0.5, 0.6) is 0 Å². The maximum Gasteiger partial charge on any atom is 0.127 e. The zero-order chi connectivity index (χ0) is 12.7. The molecule has 1 saturated carbocycles. The molecule has 17 heavy (non-hydrogen) atoms. The fourth-order valence-corrected chi connectivity index (χ4v) is 2.96. The summed E-state index contributed by atoms with van der Waals surface area (Å²) in [6.07, 6.45) is 9.73. The first-order valence-corrected chi connectivity index (χ1v) is 7.34. The molecule has 0 amide bonds. The van der Waals surface area contributed by atoms with Crippen molar-refractivity contribution in [3.05, 3.63) is 0 Å². The molecule has 0 radical (unpaired) electrons. The summed E-state index contributed by atoms with van der Waals surface area (Å²) in [6, 6.07) is 0.551. The van der Waals surface area contributed by atoms with Crippen LogP contribution >= 0.6 is 0 Å². The minimum absolute atomic E-state index is 0.0457. The normalized spacial score (nSPS) is 20.5. The van der Waals surface area contributed by atoms with Crippen LogP contribution in [0.2, 0.25) is 0 Å². The van der Waals surface area contributed by atoms with Gasteiger partial charge in [0.25, 0.3) is 0 Å². The van der Waals surface area contributed by atoms with Crippen molar-refractivity contribution in [2.24, 2.45) is 5.41 Å². The van der Waals surface area contributed by atoms with E-state index in [1.165, 1.54) is 38.4 Å². The summed E-state index contributed by atoms with van der Waals surface area (Å²) in [4.78, 5) is 14.1. The predicted molar refractivity (Wildman–Crippen MR) is 73.2 cm³/mol. The number of aldehydes is 1. The molecule has 1 rings (SSSR count). The average Bonchev–Trinajstić information content (AvgIpc) is 2.54. The summed E-state index contributed by atoms with van der Waals surface area (Å²) in [5.74, 6) is 0. The zero-order valence-electron chi connectivity index (χ0n) is 11.9. The Morgan fingerprint density at radius 1 is 1.18 bits per heavy atom. The van der Waals surface area contributed by atoms with Gasteiger partial charge in [-0.1, -0.05) is 32.6 Å². The van der Waals surface area contributed by atoms with E-state index in [9.17, 15) is 4.79 Å². The van der Waals surface area contributed by atoms with Crippen LogP contribution in [0.25, 0.3) is 0 Å². The SMILES string of the molecule is CCCN(CC1(C=O)CCCCCC1)C(C)C. The van der Waals surface area contributed by atoms with Crippen molar-refractivity contribution in [2.75, 3.05) is 13.1 Å². The van der Waals surface area contributed by atoms with Crippen LogP contribution < -0.4 is 0 Å². The minimum Gasteiger partial charge on any atom is -0.303 e. The molecule has 0 unspecified atom stereocenters. The van der Waals surface area contributed by atoms with Crippen molar-refractivity contribution >= 4 is 6.29 Å². The van der Waals surface area contributed by atoms with Gasteiger partial charge in [-0.3, -0.25) is 4.90 Å². The molecular weight excluding hydrogens is 210 g/mol. The molecule has 0 aromatic heterocycles. The van der Waals surface area contributed by atoms with Crippen LogP contribution in [-0.2, 0) is 4.79 Å². The third-order valence-corrected chi connectivity index (χ3v) is 4.11. The number of carbonyl (C=O) groups excluding carboxylic acids is 1. The van der Waals surface area contributed by atoms with E-state index in [1.54, 1.807) is 0 Å². The molecule has 2 nitrogen and oxygen atoms in total. The Morgan fingerprint density at radius 2 is 1.76 bits per heavy atom. The fourth-order valence-electron chi connectivity index (χ4n) is 2.96. The molecule has 2 heteroatoms. The summed E-state index contributed by atoms with van der Waals surface area (Å²) in [5.41, 5.74) is -0.0457. The molecule has 0 atom stereocenters. The van der Waals surface area contributed by atoms with Crippen molar-refractivity contribution in [3.63, 3.8) is 0 Å². The highest BCUT2D eigenvalue weighted by Gasteiger charge is 2.33. The lowest BCUT2D eigenvalue weighted by atomic mass is 9.81. The van der Waals surface area contributed by atoms with E-state index in [0.717, 1.165) is 25.9 Å². The Hall–Kier alpha value is -0.370. The van der Waals surface area contributed by atoms with Gasteiger partial charge in [-0.2, -0.15) is 0 Å². The molecule has 100 valence electrons. The largest absolute Gasteiger partial charge is 0.303 e. The summed E-state index contributed by atoms with van der Waals surface area (Å²) in [5, 5.41) is 0. The van der Waals surface area contributed by atoms with E-state index >= 15 is 0 Å². The van der Waals surface area contributed by atoms with E-state index in [2.05, 4.69) is 25.7 Å². The standard InChI is InChI=1S/C15H29NO/c1-4-11-16(14(2)3)12-15(13-17)9-7-5-6-8-10-15/h13-14H,4-12H2,1-3H3. The van der Waals surface area contributed by atoms with Gasteiger partial charge in [-0.15, -0.1) is 0 Å². The van der Waals surface area contributed by atoms with Crippen molar-refractivity contribution in [1.82, 2.24) is 4.90 Å². The van der Waals surface area contributed by atoms with Gasteiger partial charge in [-0.05, 0) is 39.7 Å². The predicted octanol–water partition coefficient (Wildman–Crippen LogP) is 3.65. The van der Waals surface area contributed by atoms with Gasteiger partial charge in [0.1, 0.15) is 6.29 Å². The van der Waals surface area contributed by atoms with Crippen LogP contribution in [0.4, 0.5) is 0 Å². The molecule has 1 aliphatic rings. The molecule has 1 aliphatic carbocycles. The zero-order valence-corrected chi connectivity index (χ0v) is 11.9. The Morgan fingerprint density at radius 3 is 2.18 bits per heavy atom. The molecule has 0 bridgehead atoms. The van der Waals surface area contributed by atoms with Crippen molar-refractivity contribution in [3.8, 4) is 0 Å². The number of hydrogen-bond acceptors (Lipinski definition) is 2. The van der Waals surface area contributed by atoms with Gasteiger partial charge in [0.05, 0.1) is 0 Å². The molecule has 1 fully saturated rings. The number of nitrogens with zero attached hydrogens (tertiary/aromatic N) is 1. The van der Waals surface area contributed by atoms with Gasteiger partial charge >= 0.3 is 0 Å². The first-order chi connectivity index (χ1) is 8.13. The number of carbonyl (C=O) groups is 1. The van der Waals surface area contributed by atoms with Crippen molar-refractivity contribution in [1.29, 1.82) is 0 Å². The summed E-state index contributed by atoms with van der Waals surface area (Å²) in [6.45, 7) is 8.79. The first kappa shape index (κ1) is 14.7. The monoisotopic (exact) mass is 239 g/mol. The Balaban J connectivity index is 2.66. The van der Waals surface area contributed by atoms with Crippen molar-refractivity contribution < 1.29 is 4.79 Å². The Bertz CT molecular complexity index is 217. The fraction of sp³-hybridized carbons (Fsp3) is 0.933. The van der Waals surface area contributed by atoms with Gasteiger partial charge in [0.2, 0.25) is 0 Å². The third-order valence-electron chi connectivity index (χ3n) is 4.11. The second-order valence-electron chi connectivity index (χ2n) is 5.96. The van der Waals surface area contributed by atoms with Crippen LogP contribution in [-0.4, -0.2) is 30.3 Å². The molecule has 0 aromatic carbocycles. The lowest BCUT2D eigenvalue weighted by Gasteiger charge is -2.36. The van der Waals surface area contributed by atoms with Crippen LogP contribution in [0.1, 0.15) is 65.7 Å². The quantitative estimate of drug-likeness (QED) is 0.521. The maximum atomic E-state index is 11.6. The van der Waals surface area contributed by atoms with Gasteiger partial charge in [-0.25, -0.2) is 0 Å². The summed E-state index contributed by atoms with van der Waals surface area (Å²) < 4.78 is 0. The molecule has 0 spiro atoms. The molecule has 0 aromatic rings. The number of rotatable bonds is 6. The average molecular weight is 239 g/mol. The van der Waals surface area contributed by atoms with Gasteiger partial charge in [0, 0.05) is 18.0 Å². The minimum atomic E-state index is -0.0457. The van der Waals surface area contributed by atoms with Crippen molar-refractivity contribution in [2.45, 2.75) is 71.8 Å². The van der Waals surface area contributed by atoms with Gasteiger partial charge < -0.3 is 4.79 Å².